The third-order valence-electron chi connectivity index (χ3n) is 0.839. The van der Waals surface area contributed by atoms with Crippen LogP contribution in [0.5, 0.6) is 0 Å². The summed E-state index contributed by atoms with van der Waals surface area (Å²) in [6.07, 6.45) is 0. The molecule has 0 bridgehead atoms. The van der Waals surface area contributed by atoms with E-state index in [0.29, 0.717) is 9.76 Å². The second-order valence-electron chi connectivity index (χ2n) is 1.55. The Morgan fingerprint density at radius 1 is 1.33 bits per heavy atom. The van der Waals surface area contributed by atoms with Gasteiger partial charge >= 0.3 is 20.0 Å². The van der Waals surface area contributed by atoms with E-state index in [9.17, 15) is 0 Å². The molecule has 0 N–H and O–H groups in total. The van der Waals surface area contributed by atoms with Crippen LogP contribution in [0.4, 0.5) is 0 Å². The van der Waals surface area contributed by atoms with Gasteiger partial charge in [-0.2, -0.15) is 11.3 Å². The SMILES string of the molecule is [Si]O[Si]O[Si]O[Si]c1cccs1. The third kappa shape index (κ3) is 4.47. The minimum atomic E-state index is -0.00129. The van der Waals surface area contributed by atoms with E-state index in [1.807, 2.05) is 17.5 Å². The van der Waals surface area contributed by atoms with E-state index in [1.165, 1.54) is 4.50 Å². The van der Waals surface area contributed by atoms with Crippen molar-refractivity contribution in [3.63, 3.8) is 0 Å². The van der Waals surface area contributed by atoms with Crippen molar-refractivity contribution in [2.45, 2.75) is 0 Å². The molecule has 8 heteroatoms. The lowest BCUT2D eigenvalue weighted by atomic mass is 10.7. The highest BCUT2D eigenvalue weighted by molar-refractivity contribution is 7.19. The van der Waals surface area contributed by atoms with E-state index >= 15 is 0 Å². The molecule has 0 saturated heterocycles. The van der Waals surface area contributed by atoms with Crippen LogP contribution in [0.25, 0.3) is 0 Å². The monoisotopic (exact) mass is 243 g/mol. The molecule has 0 saturated carbocycles. The average molecular weight is 243 g/mol. The van der Waals surface area contributed by atoms with Gasteiger partial charge in [-0.25, -0.2) is 0 Å². The van der Waals surface area contributed by atoms with Crippen LogP contribution in [-0.2, 0) is 12.3 Å². The Morgan fingerprint density at radius 2 is 2.25 bits per heavy atom. The molecule has 0 aliphatic rings. The van der Waals surface area contributed by atoms with Gasteiger partial charge < -0.3 is 12.3 Å². The molecule has 12 heavy (non-hydrogen) atoms. The Balaban J connectivity index is 1.96. The Kier molecular flexibility index (Phi) is 6.06. The van der Waals surface area contributed by atoms with Crippen LogP contribution in [0.1, 0.15) is 0 Å². The van der Waals surface area contributed by atoms with Gasteiger partial charge in [0.1, 0.15) is 0 Å². The zero-order chi connectivity index (χ0) is 8.65. The fourth-order valence-corrected chi connectivity index (χ4v) is 3.65. The molecule has 59 valence electrons. The summed E-state index contributed by atoms with van der Waals surface area (Å²) >= 11 is 1.68. The largest absolute Gasteiger partial charge is 0.435 e. The summed E-state index contributed by atoms with van der Waals surface area (Å²) in [4.78, 5) is 0. The lowest BCUT2D eigenvalue weighted by molar-refractivity contribution is 0.441. The van der Waals surface area contributed by atoms with Gasteiger partial charge in [0.2, 0.25) is 10.5 Å². The molecule has 0 atom stereocenters. The van der Waals surface area contributed by atoms with Crippen molar-refractivity contribution in [2.75, 3.05) is 0 Å². The number of hydrogen-bond donors (Lipinski definition) is 0. The maximum atomic E-state index is 5.23. The van der Waals surface area contributed by atoms with Crippen LogP contribution >= 0.6 is 11.3 Å². The highest BCUT2D eigenvalue weighted by Crippen LogP contribution is 1.91. The predicted molar refractivity (Wildman–Crippen MR) is 50.2 cm³/mol. The second kappa shape index (κ2) is 6.91. The first kappa shape index (κ1) is 10.5. The van der Waals surface area contributed by atoms with Crippen molar-refractivity contribution in [3.05, 3.63) is 17.5 Å². The molecular formula is C4H3O3SSi4. The number of hydrogen-bond acceptors (Lipinski definition) is 4. The van der Waals surface area contributed by atoms with Crippen LogP contribution in [0, 0.1) is 0 Å². The van der Waals surface area contributed by atoms with E-state index in [2.05, 4.69) is 14.6 Å². The molecule has 0 spiro atoms. The Morgan fingerprint density at radius 3 is 2.92 bits per heavy atom. The second-order valence-corrected chi connectivity index (χ2v) is 6.39. The van der Waals surface area contributed by atoms with Gasteiger partial charge in [-0.1, -0.05) is 12.1 Å². The summed E-state index contributed by atoms with van der Waals surface area (Å²) in [6.45, 7) is 0. The summed E-state index contributed by atoms with van der Waals surface area (Å²) in [6, 6.07) is 4.04. The predicted octanol–water partition coefficient (Wildman–Crippen LogP) is -0.806. The molecule has 0 amide bonds. The Bertz CT molecular complexity index is 194. The quantitative estimate of drug-likeness (QED) is 0.483. The molecule has 0 aliphatic heterocycles. The van der Waals surface area contributed by atoms with Crippen molar-refractivity contribution >= 4 is 56.1 Å². The molecule has 0 aliphatic carbocycles. The number of rotatable bonds is 6. The zero-order valence-electron chi connectivity index (χ0n) is 5.87. The smallest absolute Gasteiger partial charge is 0.411 e. The lowest BCUT2D eigenvalue weighted by Crippen LogP contribution is -2.19. The molecular weight excluding hydrogens is 240 g/mol. The molecule has 0 fully saturated rings. The minimum Gasteiger partial charge on any atom is -0.435 e. The summed E-state index contributed by atoms with van der Waals surface area (Å²) in [5.74, 6) is 0. The van der Waals surface area contributed by atoms with Crippen LogP contribution < -0.4 is 4.50 Å². The first-order valence-electron chi connectivity index (χ1n) is 2.87. The molecule has 1 aromatic heterocycles. The molecule has 0 unspecified atom stereocenters. The highest BCUT2D eigenvalue weighted by atomic mass is 32.1. The number of thiophene rings is 1. The van der Waals surface area contributed by atoms with Gasteiger partial charge in [0, 0.05) is 4.50 Å². The lowest BCUT2D eigenvalue weighted by Gasteiger charge is -1.97. The van der Waals surface area contributed by atoms with Gasteiger partial charge in [0.25, 0.3) is 9.76 Å². The van der Waals surface area contributed by atoms with E-state index < -0.39 is 0 Å². The van der Waals surface area contributed by atoms with Crippen LogP contribution in [0.2, 0.25) is 0 Å². The molecule has 3 nitrogen and oxygen atoms in total. The van der Waals surface area contributed by atoms with E-state index in [1.54, 1.807) is 11.3 Å². The summed E-state index contributed by atoms with van der Waals surface area (Å²) in [7, 11) is 3.25. The molecule has 1 rings (SSSR count). The molecule has 0 aromatic carbocycles. The van der Waals surface area contributed by atoms with E-state index in [4.69, 9.17) is 8.23 Å². The van der Waals surface area contributed by atoms with E-state index in [0.717, 1.165) is 0 Å². The maximum absolute atomic E-state index is 5.23. The van der Waals surface area contributed by atoms with Gasteiger partial charge in [-0.05, 0) is 5.38 Å². The average Bonchev–Trinajstić information content (AvgIpc) is 2.57. The minimum absolute atomic E-state index is 0.00129. The normalized spacial score (nSPS) is 10.4. The highest BCUT2D eigenvalue weighted by Gasteiger charge is 1.99. The first-order chi connectivity index (χ1) is 5.93. The topological polar surface area (TPSA) is 27.7 Å². The maximum Gasteiger partial charge on any atom is 0.411 e. The van der Waals surface area contributed by atoms with Crippen LogP contribution in [0.3, 0.4) is 0 Å². The van der Waals surface area contributed by atoms with Crippen molar-refractivity contribution in [1.82, 2.24) is 0 Å². The first-order valence-corrected chi connectivity index (χ1v) is 6.70. The van der Waals surface area contributed by atoms with Gasteiger partial charge in [-0.15, -0.1) is 0 Å². The fraction of sp³-hybridized carbons (Fsp3) is 0. The van der Waals surface area contributed by atoms with Crippen molar-refractivity contribution in [3.8, 4) is 0 Å². The zero-order valence-corrected chi connectivity index (χ0v) is 10.7. The van der Waals surface area contributed by atoms with Crippen LogP contribution in [0.15, 0.2) is 17.5 Å². The third-order valence-corrected chi connectivity index (χ3v) is 4.24. The van der Waals surface area contributed by atoms with E-state index in [-0.39, 0.29) is 20.0 Å². The van der Waals surface area contributed by atoms with Crippen molar-refractivity contribution in [2.24, 2.45) is 0 Å². The molecule has 9 radical (unpaired) electrons. The van der Waals surface area contributed by atoms with Gasteiger partial charge in [0.15, 0.2) is 0 Å². The summed E-state index contributed by atoms with van der Waals surface area (Å²) in [5, 5.41) is 2.03. The fourth-order valence-electron chi connectivity index (χ4n) is 0.466. The van der Waals surface area contributed by atoms with Gasteiger partial charge in [-0.3, -0.25) is 0 Å². The van der Waals surface area contributed by atoms with Crippen molar-refractivity contribution < 1.29 is 12.3 Å². The molecule has 1 aromatic rings. The Hall–Kier alpha value is 0.448. The van der Waals surface area contributed by atoms with Crippen molar-refractivity contribution in [1.29, 1.82) is 0 Å². The Labute approximate surface area is 86.0 Å². The van der Waals surface area contributed by atoms with Gasteiger partial charge in [0.05, 0.1) is 0 Å². The summed E-state index contributed by atoms with van der Waals surface area (Å²) < 4.78 is 15.9. The molecule has 1 heterocycles. The standard InChI is InChI=1S/C4H3O3SSi4/c9-5-11-7-12-6-10-4-2-1-3-8-4/h1-3H. The van der Waals surface area contributed by atoms with Crippen LogP contribution in [-0.4, -0.2) is 40.3 Å². The summed E-state index contributed by atoms with van der Waals surface area (Å²) in [5.41, 5.74) is 0.